The molecular formula is C12H14F3NO. The van der Waals surface area contributed by atoms with E-state index in [0.29, 0.717) is 0 Å². The minimum atomic E-state index is -4.38. The average Bonchev–Trinajstić information content (AvgIpc) is 2.27. The molecule has 0 aliphatic heterocycles. The maximum atomic E-state index is 12.7. The van der Waals surface area contributed by atoms with E-state index in [9.17, 15) is 18.0 Å². The highest BCUT2D eigenvalue weighted by atomic mass is 19.4. The summed E-state index contributed by atoms with van der Waals surface area (Å²) in [6.45, 7) is 1.61. The van der Waals surface area contributed by atoms with Crippen LogP contribution in [-0.4, -0.2) is 13.0 Å². The fourth-order valence-electron chi connectivity index (χ4n) is 1.67. The third-order valence-electron chi connectivity index (χ3n) is 2.57. The first-order valence-electron chi connectivity index (χ1n) is 5.23. The lowest BCUT2D eigenvalue weighted by Gasteiger charge is -2.17. The first kappa shape index (κ1) is 13.5. The highest BCUT2D eigenvalue weighted by Crippen LogP contribution is 2.35. The van der Waals surface area contributed by atoms with Crippen LogP contribution in [0, 0.1) is 0 Å². The van der Waals surface area contributed by atoms with Crippen LogP contribution in [0.4, 0.5) is 13.2 Å². The van der Waals surface area contributed by atoms with Crippen molar-refractivity contribution < 1.29 is 18.0 Å². The van der Waals surface area contributed by atoms with Gasteiger partial charge in [0, 0.05) is 13.5 Å². The molecule has 1 amide bonds. The van der Waals surface area contributed by atoms with Gasteiger partial charge >= 0.3 is 6.18 Å². The molecule has 17 heavy (non-hydrogen) atoms. The van der Waals surface area contributed by atoms with Crippen LogP contribution in [0.1, 0.15) is 30.4 Å². The van der Waals surface area contributed by atoms with Crippen LogP contribution in [0.5, 0.6) is 0 Å². The topological polar surface area (TPSA) is 29.1 Å². The van der Waals surface area contributed by atoms with Crippen molar-refractivity contribution in [3.8, 4) is 0 Å². The number of nitrogens with one attached hydrogen (secondary N) is 1. The number of carbonyl (C=O) groups excluding carboxylic acids is 1. The minimum Gasteiger partial charge on any atom is -0.359 e. The van der Waals surface area contributed by atoms with Gasteiger partial charge in [-0.05, 0) is 17.5 Å². The monoisotopic (exact) mass is 245 g/mol. The van der Waals surface area contributed by atoms with Gasteiger partial charge in [0.15, 0.2) is 0 Å². The van der Waals surface area contributed by atoms with Crippen LogP contribution in [-0.2, 0) is 11.0 Å². The van der Waals surface area contributed by atoms with Gasteiger partial charge < -0.3 is 5.32 Å². The van der Waals surface area contributed by atoms with Crippen LogP contribution < -0.4 is 5.32 Å². The Bertz CT molecular complexity index is 401. The molecule has 1 aromatic carbocycles. The lowest BCUT2D eigenvalue weighted by atomic mass is 9.92. The van der Waals surface area contributed by atoms with Crippen molar-refractivity contribution >= 4 is 5.91 Å². The zero-order valence-electron chi connectivity index (χ0n) is 9.64. The van der Waals surface area contributed by atoms with Crippen molar-refractivity contribution in [1.29, 1.82) is 0 Å². The summed E-state index contributed by atoms with van der Waals surface area (Å²) in [5.41, 5.74) is -0.514. The van der Waals surface area contributed by atoms with Gasteiger partial charge in [-0.25, -0.2) is 0 Å². The molecule has 0 aromatic heterocycles. The molecule has 94 valence electrons. The molecule has 5 heteroatoms. The highest BCUT2D eigenvalue weighted by Gasteiger charge is 2.34. The Kier molecular flexibility index (Phi) is 4.15. The van der Waals surface area contributed by atoms with E-state index < -0.39 is 17.7 Å². The maximum Gasteiger partial charge on any atom is 0.416 e. The van der Waals surface area contributed by atoms with Gasteiger partial charge in [-0.2, -0.15) is 13.2 Å². The van der Waals surface area contributed by atoms with Gasteiger partial charge in [-0.1, -0.05) is 25.1 Å². The molecule has 1 rings (SSSR count). The van der Waals surface area contributed by atoms with Gasteiger partial charge in [-0.15, -0.1) is 0 Å². The molecular weight excluding hydrogens is 231 g/mol. The molecule has 0 radical (unpaired) electrons. The van der Waals surface area contributed by atoms with Gasteiger partial charge in [0.2, 0.25) is 5.91 Å². The molecule has 0 unspecified atom stereocenters. The molecule has 0 saturated carbocycles. The highest BCUT2D eigenvalue weighted by molar-refractivity contribution is 5.76. The smallest absolute Gasteiger partial charge is 0.359 e. The summed E-state index contributed by atoms with van der Waals surface area (Å²) in [6, 6.07) is 5.34. The fraction of sp³-hybridized carbons (Fsp3) is 0.417. The second-order valence-corrected chi connectivity index (χ2v) is 3.86. The number of rotatable bonds is 3. The van der Waals surface area contributed by atoms with Crippen molar-refractivity contribution in [2.75, 3.05) is 7.05 Å². The van der Waals surface area contributed by atoms with Crippen LogP contribution in [0.2, 0.25) is 0 Å². The van der Waals surface area contributed by atoms with E-state index in [0.717, 1.165) is 6.07 Å². The average molecular weight is 245 g/mol. The second kappa shape index (κ2) is 5.21. The predicted octanol–water partition coefficient (Wildman–Crippen LogP) is 2.95. The predicted molar refractivity (Wildman–Crippen MR) is 58.5 cm³/mol. The number of carbonyl (C=O) groups is 1. The fourth-order valence-corrected chi connectivity index (χ4v) is 1.67. The van der Waals surface area contributed by atoms with E-state index in [-0.39, 0.29) is 17.9 Å². The molecule has 1 N–H and O–H groups in total. The van der Waals surface area contributed by atoms with Crippen LogP contribution in [0.25, 0.3) is 0 Å². The summed E-state index contributed by atoms with van der Waals surface area (Å²) in [5, 5.41) is 2.40. The minimum absolute atomic E-state index is 0.0452. The Balaban J connectivity index is 3.01. The van der Waals surface area contributed by atoms with Crippen LogP contribution in [0.15, 0.2) is 24.3 Å². The number of amides is 1. The van der Waals surface area contributed by atoms with E-state index in [4.69, 9.17) is 0 Å². The van der Waals surface area contributed by atoms with Crippen molar-refractivity contribution in [2.24, 2.45) is 0 Å². The summed E-state index contributed by atoms with van der Waals surface area (Å²) in [4.78, 5) is 11.2. The Morgan fingerprint density at radius 1 is 1.35 bits per heavy atom. The van der Waals surface area contributed by atoms with Gasteiger partial charge in [0.1, 0.15) is 0 Å². The zero-order valence-corrected chi connectivity index (χ0v) is 9.64. The summed E-state index contributed by atoms with van der Waals surface area (Å²) >= 11 is 0. The molecule has 2 nitrogen and oxygen atoms in total. The molecule has 0 aliphatic carbocycles. The maximum absolute atomic E-state index is 12.7. The van der Waals surface area contributed by atoms with Gasteiger partial charge in [-0.3, -0.25) is 4.79 Å². The first-order valence-corrected chi connectivity index (χ1v) is 5.23. The quantitative estimate of drug-likeness (QED) is 0.871. The SMILES string of the molecule is CNC(=O)C[C@H](C)c1ccccc1C(F)(F)F. The van der Waals surface area contributed by atoms with Crippen molar-refractivity contribution in [3.63, 3.8) is 0 Å². The molecule has 0 spiro atoms. The first-order chi connectivity index (χ1) is 7.86. The summed E-state index contributed by atoms with van der Waals surface area (Å²) in [7, 11) is 1.46. The van der Waals surface area contributed by atoms with Crippen LogP contribution in [0.3, 0.4) is 0 Å². The van der Waals surface area contributed by atoms with Crippen molar-refractivity contribution in [2.45, 2.75) is 25.4 Å². The normalized spacial score (nSPS) is 13.2. The molecule has 0 heterocycles. The number of alkyl halides is 3. The van der Waals surface area contributed by atoms with Crippen molar-refractivity contribution in [3.05, 3.63) is 35.4 Å². The molecule has 0 fully saturated rings. The summed E-state index contributed by atoms with van der Waals surface area (Å²) in [5.74, 6) is -0.734. The number of hydrogen-bond donors (Lipinski definition) is 1. The Hall–Kier alpha value is -1.52. The lowest BCUT2D eigenvalue weighted by Crippen LogP contribution is -2.20. The molecule has 1 atom stereocenters. The number of benzene rings is 1. The van der Waals surface area contributed by atoms with Crippen molar-refractivity contribution in [1.82, 2.24) is 5.32 Å². The van der Waals surface area contributed by atoms with Gasteiger partial charge in [0.25, 0.3) is 0 Å². The van der Waals surface area contributed by atoms with E-state index >= 15 is 0 Å². The zero-order chi connectivity index (χ0) is 13.1. The van der Waals surface area contributed by atoms with E-state index in [1.807, 2.05) is 0 Å². The Morgan fingerprint density at radius 3 is 2.47 bits per heavy atom. The number of hydrogen-bond acceptors (Lipinski definition) is 1. The molecule has 0 bridgehead atoms. The molecule has 0 aliphatic rings. The third-order valence-corrected chi connectivity index (χ3v) is 2.57. The third kappa shape index (κ3) is 3.47. The second-order valence-electron chi connectivity index (χ2n) is 3.86. The van der Waals surface area contributed by atoms with E-state index in [1.54, 1.807) is 13.0 Å². The molecule has 1 aromatic rings. The van der Waals surface area contributed by atoms with Gasteiger partial charge in [0.05, 0.1) is 5.56 Å². The Morgan fingerprint density at radius 2 is 1.94 bits per heavy atom. The Labute approximate surface area is 97.8 Å². The summed E-state index contributed by atoms with van der Waals surface area (Å²) in [6.07, 6.45) is -4.34. The lowest BCUT2D eigenvalue weighted by molar-refractivity contribution is -0.138. The largest absolute Gasteiger partial charge is 0.416 e. The molecule has 0 saturated heterocycles. The van der Waals surface area contributed by atoms with E-state index in [1.165, 1.54) is 19.2 Å². The van der Waals surface area contributed by atoms with E-state index in [2.05, 4.69) is 5.32 Å². The van der Waals surface area contributed by atoms with Crippen LogP contribution >= 0.6 is 0 Å². The summed E-state index contributed by atoms with van der Waals surface area (Å²) < 4.78 is 38.2. The standard InChI is InChI=1S/C12H14F3NO/c1-8(7-11(17)16-2)9-5-3-4-6-10(9)12(13,14)15/h3-6,8H,7H2,1-2H3,(H,16,17)/t8-/m0/s1. The number of halogens is 3.